The van der Waals surface area contributed by atoms with Gasteiger partial charge in [-0.2, -0.15) is 5.26 Å². The van der Waals surface area contributed by atoms with Crippen LogP contribution in [0, 0.1) is 11.3 Å². The number of nitriles is 1. The summed E-state index contributed by atoms with van der Waals surface area (Å²) < 4.78 is 5.97. The number of halogens is 1. The van der Waals surface area contributed by atoms with Crippen LogP contribution in [0.2, 0.25) is 0 Å². The van der Waals surface area contributed by atoms with Gasteiger partial charge in [0, 0.05) is 40.8 Å². The van der Waals surface area contributed by atoms with Gasteiger partial charge in [0.25, 0.3) is 0 Å². The number of ether oxygens (including phenoxy) is 1. The average molecular weight is 482 g/mol. The Balaban J connectivity index is 1.59. The van der Waals surface area contributed by atoms with E-state index in [0.29, 0.717) is 21.9 Å². The van der Waals surface area contributed by atoms with Crippen molar-refractivity contribution in [3.05, 3.63) is 74.1 Å². The molecule has 2 aromatic carbocycles. The van der Waals surface area contributed by atoms with Gasteiger partial charge in [-0.25, -0.2) is 4.99 Å². The molecule has 1 aliphatic heterocycles. The molecule has 4 rings (SSSR count). The molecule has 5 nitrogen and oxygen atoms in total. The molecule has 2 heterocycles. The highest BCUT2D eigenvalue weighted by atomic mass is 79.9. The maximum absolute atomic E-state index is 10.3. The maximum Gasteiger partial charge on any atom is 0.166 e. The fraction of sp³-hybridized carbons (Fsp3) is 0.217. The monoisotopic (exact) mass is 481 g/mol. The lowest BCUT2D eigenvalue weighted by Gasteiger charge is -2.26. The minimum Gasteiger partial charge on any atom is -0.504 e. The van der Waals surface area contributed by atoms with Crippen LogP contribution in [0.4, 0.5) is 5.00 Å². The number of hydrogen-bond donors (Lipinski definition) is 1. The Labute approximate surface area is 188 Å². The lowest BCUT2D eigenvalue weighted by Crippen LogP contribution is -2.29. The number of thiophene rings is 1. The molecule has 0 spiro atoms. The molecule has 1 aromatic heterocycles. The van der Waals surface area contributed by atoms with Crippen molar-refractivity contribution in [3.63, 3.8) is 0 Å². The molecule has 0 unspecified atom stereocenters. The number of rotatable bonds is 5. The summed E-state index contributed by atoms with van der Waals surface area (Å²) in [6, 6.07) is 16.2. The fourth-order valence-electron chi connectivity index (χ4n) is 3.60. The highest BCUT2D eigenvalue weighted by molar-refractivity contribution is 9.10. The first-order chi connectivity index (χ1) is 14.6. The number of phenolic OH excluding ortho intramolecular Hbond substituents is 1. The van der Waals surface area contributed by atoms with Crippen LogP contribution in [-0.4, -0.2) is 29.9 Å². The van der Waals surface area contributed by atoms with Crippen LogP contribution in [0.15, 0.2) is 51.9 Å². The zero-order valence-corrected chi connectivity index (χ0v) is 18.8. The van der Waals surface area contributed by atoms with Crippen molar-refractivity contribution in [2.24, 2.45) is 4.99 Å². The van der Waals surface area contributed by atoms with Crippen molar-refractivity contribution >= 4 is 38.5 Å². The van der Waals surface area contributed by atoms with Crippen LogP contribution in [0.25, 0.3) is 0 Å². The highest BCUT2D eigenvalue weighted by Crippen LogP contribution is 2.39. The number of methoxy groups -OCH3 is 1. The third kappa shape index (κ3) is 4.26. The minimum absolute atomic E-state index is 0.0262. The molecular formula is C23H20BrN3O2S. The van der Waals surface area contributed by atoms with Gasteiger partial charge in [0.1, 0.15) is 11.1 Å². The second kappa shape index (κ2) is 9.00. The molecule has 0 saturated carbocycles. The molecule has 30 heavy (non-hydrogen) atoms. The van der Waals surface area contributed by atoms with Gasteiger partial charge in [-0.05, 0) is 29.7 Å². The van der Waals surface area contributed by atoms with Crippen molar-refractivity contribution in [2.75, 3.05) is 13.7 Å². The molecule has 3 aromatic rings. The average Bonchev–Trinajstić information content (AvgIpc) is 3.11. The first-order valence-electron chi connectivity index (χ1n) is 9.50. The van der Waals surface area contributed by atoms with E-state index >= 15 is 0 Å². The number of nitrogens with zero attached hydrogens (tertiary/aromatic N) is 3. The standard InChI is InChI=1S/C23H20BrN3O2S/c1-29-20-10-17(24)9-16(22(20)28)12-26-23-19(11-25)18-7-8-27(14-21(18)30-23)13-15-5-3-2-4-6-15/h2-6,9-10,12,28H,7-8,13-14H2,1H3/b26-12-. The maximum atomic E-state index is 10.3. The van der Waals surface area contributed by atoms with E-state index in [-0.39, 0.29) is 5.75 Å². The molecule has 0 amide bonds. The van der Waals surface area contributed by atoms with Crippen molar-refractivity contribution < 1.29 is 9.84 Å². The van der Waals surface area contributed by atoms with E-state index in [1.807, 2.05) is 6.07 Å². The quantitative estimate of drug-likeness (QED) is 0.494. The topological polar surface area (TPSA) is 68.8 Å². The predicted octanol–water partition coefficient (Wildman–Crippen LogP) is 5.41. The van der Waals surface area contributed by atoms with Crippen LogP contribution in [-0.2, 0) is 19.5 Å². The molecule has 0 fully saturated rings. The number of fused-ring (bicyclic) bond motifs is 1. The SMILES string of the molecule is COc1cc(Br)cc(/C=N\c2sc3c(c2C#N)CCN(Cc2ccccc2)C3)c1O. The zero-order chi connectivity index (χ0) is 21.1. The second-order valence-electron chi connectivity index (χ2n) is 7.05. The number of aliphatic imine (C=N–C) groups is 1. The Morgan fingerprint density at radius 1 is 1.33 bits per heavy atom. The van der Waals surface area contributed by atoms with Gasteiger partial charge in [-0.15, -0.1) is 11.3 Å². The largest absolute Gasteiger partial charge is 0.504 e. The first kappa shape index (κ1) is 20.6. The van der Waals surface area contributed by atoms with E-state index in [2.05, 4.69) is 56.2 Å². The van der Waals surface area contributed by atoms with Gasteiger partial charge in [-0.3, -0.25) is 4.90 Å². The van der Waals surface area contributed by atoms with Crippen LogP contribution >= 0.6 is 27.3 Å². The van der Waals surface area contributed by atoms with Crippen molar-refractivity contribution in [1.82, 2.24) is 4.90 Å². The summed E-state index contributed by atoms with van der Waals surface area (Å²) in [5.74, 6) is 0.395. The van der Waals surface area contributed by atoms with E-state index in [4.69, 9.17) is 4.74 Å². The summed E-state index contributed by atoms with van der Waals surface area (Å²) in [7, 11) is 1.50. The fourth-order valence-corrected chi connectivity index (χ4v) is 5.24. The van der Waals surface area contributed by atoms with Gasteiger partial charge < -0.3 is 9.84 Å². The molecule has 0 radical (unpaired) electrons. The Bertz CT molecular complexity index is 1140. The Morgan fingerprint density at radius 3 is 2.87 bits per heavy atom. The number of aromatic hydroxyl groups is 1. The minimum atomic E-state index is 0.0262. The van der Waals surface area contributed by atoms with Crippen molar-refractivity contribution in [3.8, 4) is 17.6 Å². The third-order valence-electron chi connectivity index (χ3n) is 5.09. The van der Waals surface area contributed by atoms with Crippen LogP contribution in [0.3, 0.4) is 0 Å². The van der Waals surface area contributed by atoms with E-state index in [9.17, 15) is 10.4 Å². The predicted molar refractivity (Wildman–Crippen MR) is 123 cm³/mol. The molecule has 0 aliphatic carbocycles. The van der Waals surface area contributed by atoms with Crippen LogP contribution < -0.4 is 4.74 Å². The number of phenols is 1. The molecule has 0 bridgehead atoms. The van der Waals surface area contributed by atoms with Gasteiger partial charge in [0.2, 0.25) is 0 Å². The van der Waals surface area contributed by atoms with Gasteiger partial charge in [0.15, 0.2) is 11.5 Å². The van der Waals surface area contributed by atoms with E-state index in [1.54, 1.807) is 29.7 Å². The van der Waals surface area contributed by atoms with Crippen molar-refractivity contribution in [1.29, 1.82) is 5.26 Å². The molecule has 1 aliphatic rings. The Morgan fingerprint density at radius 2 is 2.13 bits per heavy atom. The normalized spacial score (nSPS) is 13.9. The van der Waals surface area contributed by atoms with E-state index < -0.39 is 0 Å². The summed E-state index contributed by atoms with van der Waals surface area (Å²) in [6.45, 7) is 2.62. The molecule has 1 N–H and O–H groups in total. The zero-order valence-electron chi connectivity index (χ0n) is 16.4. The third-order valence-corrected chi connectivity index (χ3v) is 6.67. The molecule has 7 heteroatoms. The summed E-state index contributed by atoms with van der Waals surface area (Å²) in [5.41, 5.74) is 3.57. The van der Waals surface area contributed by atoms with E-state index in [0.717, 1.165) is 36.1 Å². The smallest absolute Gasteiger partial charge is 0.166 e. The highest BCUT2D eigenvalue weighted by Gasteiger charge is 2.24. The molecule has 0 saturated heterocycles. The van der Waals surface area contributed by atoms with Gasteiger partial charge in [0.05, 0.1) is 12.7 Å². The van der Waals surface area contributed by atoms with Gasteiger partial charge in [-0.1, -0.05) is 46.3 Å². The summed E-state index contributed by atoms with van der Waals surface area (Å²) in [5, 5.41) is 20.8. The van der Waals surface area contributed by atoms with Gasteiger partial charge >= 0.3 is 0 Å². The molecule has 152 valence electrons. The lowest BCUT2D eigenvalue weighted by molar-refractivity contribution is 0.249. The van der Waals surface area contributed by atoms with Crippen molar-refractivity contribution in [2.45, 2.75) is 19.5 Å². The van der Waals surface area contributed by atoms with Crippen LogP contribution in [0.1, 0.15) is 27.1 Å². The lowest BCUT2D eigenvalue weighted by atomic mass is 10.0. The summed E-state index contributed by atoms with van der Waals surface area (Å²) >= 11 is 4.97. The Kier molecular flexibility index (Phi) is 6.18. The summed E-state index contributed by atoms with van der Waals surface area (Å²) in [4.78, 5) is 8.14. The number of hydrogen-bond acceptors (Lipinski definition) is 6. The molecule has 0 atom stereocenters. The first-order valence-corrected chi connectivity index (χ1v) is 11.1. The second-order valence-corrected chi connectivity index (χ2v) is 9.05. The molecular weight excluding hydrogens is 462 g/mol. The Hall–Kier alpha value is -2.66. The number of benzene rings is 2. The van der Waals surface area contributed by atoms with Crippen LogP contribution in [0.5, 0.6) is 11.5 Å². The van der Waals surface area contributed by atoms with E-state index in [1.165, 1.54) is 17.6 Å². The summed E-state index contributed by atoms with van der Waals surface area (Å²) in [6.07, 6.45) is 2.43.